The normalized spacial score (nSPS) is 15.6. The van der Waals surface area contributed by atoms with Crippen LogP contribution in [-0.2, 0) is 29.1 Å². The average Bonchev–Trinajstić information content (AvgIpc) is 3.19. The molecule has 4 rings (SSSR count). The minimum Gasteiger partial charge on any atom is -0.326 e. The molecule has 0 bridgehead atoms. The first kappa shape index (κ1) is 20.8. The number of carbonyl (C=O) groups excluding carboxylic acids is 2. The molecule has 0 saturated carbocycles. The lowest BCUT2D eigenvalue weighted by Crippen LogP contribution is -2.50. The molecule has 2 heterocycles. The first-order valence-corrected chi connectivity index (χ1v) is 10.7. The number of anilines is 1. The van der Waals surface area contributed by atoms with Crippen LogP contribution in [0.5, 0.6) is 0 Å². The molecule has 2 amide bonds. The smallest absolute Gasteiger partial charge is 0.247 e. The first-order chi connectivity index (χ1) is 15.0. The van der Waals surface area contributed by atoms with Crippen LogP contribution in [0.2, 0.25) is 0 Å². The van der Waals surface area contributed by atoms with Gasteiger partial charge in [0.25, 0.3) is 0 Å². The van der Waals surface area contributed by atoms with Gasteiger partial charge in [-0.1, -0.05) is 68.4 Å². The van der Waals surface area contributed by atoms with Crippen molar-refractivity contribution in [3.05, 3.63) is 83.7 Å². The van der Waals surface area contributed by atoms with E-state index in [9.17, 15) is 9.59 Å². The number of hydrogen-bond donors (Lipinski definition) is 1. The molecule has 0 aliphatic carbocycles. The van der Waals surface area contributed by atoms with Crippen LogP contribution in [0.1, 0.15) is 37.0 Å². The highest BCUT2D eigenvalue weighted by Crippen LogP contribution is 2.25. The third-order valence-electron chi connectivity index (χ3n) is 5.54. The Morgan fingerprint density at radius 3 is 2.52 bits per heavy atom. The van der Waals surface area contributed by atoms with Gasteiger partial charge in [0.1, 0.15) is 6.04 Å². The van der Waals surface area contributed by atoms with E-state index in [2.05, 4.69) is 10.4 Å². The molecule has 160 valence electrons. The van der Waals surface area contributed by atoms with Gasteiger partial charge < -0.3 is 10.2 Å². The molecular weight excluding hydrogens is 388 g/mol. The Kier molecular flexibility index (Phi) is 6.16. The summed E-state index contributed by atoms with van der Waals surface area (Å²) < 4.78 is 1.79. The third kappa shape index (κ3) is 5.02. The van der Waals surface area contributed by atoms with Gasteiger partial charge in [-0.3, -0.25) is 14.3 Å². The maximum Gasteiger partial charge on any atom is 0.247 e. The van der Waals surface area contributed by atoms with Gasteiger partial charge >= 0.3 is 0 Å². The second-order valence-electron chi connectivity index (χ2n) is 8.51. The fourth-order valence-electron chi connectivity index (χ4n) is 4.00. The van der Waals surface area contributed by atoms with Gasteiger partial charge in [-0.05, 0) is 22.6 Å². The van der Waals surface area contributed by atoms with Gasteiger partial charge in [-0.15, -0.1) is 0 Å². The number of nitrogens with zero attached hydrogens (tertiary/aromatic N) is 3. The molecule has 0 spiro atoms. The molecule has 0 saturated heterocycles. The van der Waals surface area contributed by atoms with Crippen molar-refractivity contribution >= 4 is 17.5 Å². The highest BCUT2D eigenvalue weighted by atomic mass is 16.2. The fourth-order valence-corrected chi connectivity index (χ4v) is 4.00. The number of rotatable bonds is 6. The second kappa shape index (κ2) is 9.16. The van der Waals surface area contributed by atoms with Crippen molar-refractivity contribution in [1.82, 2.24) is 14.7 Å². The van der Waals surface area contributed by atoms with E-state index in [1.165, 1.54) is 0 Å². The Balaban J connectivity index is 1.49. The fraction of sp³-hybridized carbons (Fsp3) is 0.320. The van der Waals surface area contributed by atoms with E-state index in [-0.39, 0.29) is 17.7 Å². The van der Waals surface area contributed by atoms with E-state index in [1.807, 2.05) is 74.6 Å². The number of fused-ring (bicyclic) bond motifs is 1. The number of hydrogen-bond acceptors (Lipinski definition) is 3. The van der Waals surface area contributed by atoms with Crippen molar-refractivity contribution in [2.45, 2.75) is 45.8 Å². The zero-order valence-electron chi connectivity index (χ0n) is 18.0. The average molecular weight is 417 g/mol. The molecular formula is C25H28N4O2. The van der Waals surface area contributed by atoms with Crippen molar-refractivity contribution in [2.75, 3.05) is 5.32 Å². The predicted octanol–water partition coefficient (Wildman–Crippen LogP) is 3.87. The van der Waals surface area contributed by atoms with E-state index in [0.29, 0.717) is 31.6 Å². The van der Waals surface area contributed by atoms with Gasteiger partial charge in [0.05, 0.1) is 18.4 Å². The van der Waals surface area contributed by atoms with Crippen molar-refractivity contribution in [2.24, 2.45) is 5.92 Å². The predicted molar refractivity (Wildman–Crippen MR) is 120 cm³/mol. The summed E-state index contributed by atoms with van der Waals surface area (Å²) in [7, 11) is 0. The van der Waals surface area contributed by atoms with Crippen LogP contribution in [0.4, 0.5) is 5.69 Å². The van der Waals surface area contributed by atoms with Gasteiger partial charge in [0.15, 0.2) is 0 Å². The van der Waals surface area contributed by atoms with E-state index in [1.54, 1.807) is 15.8 Å². The monoisotopic (exact) mass is 416 g/mol. The Labute approximate surface area is 182 Å². The molecule has 6 nitrogen and oxygen atoms in total. The highest BCUT2D eigenvalue weighted by molar-refractivity contribution is 5.97. The molecule has 1 unspecified atom stereocenters. The third-order valence-corrected chi connectivity index (χ3v) is 5.54. The Bertz CT molecular complexity index is 1060. The number of benzene rings is 2. The highest BCUT2D eigenvalue weighted by Gasteiger charge is 2.34. The molecule has 3 aromatic rings. The quantitative estimate of drug-likeness (QED) is 0.663. The number of nitrogens with one attached hydrogen (secondary N) is 1. The molecule has 0 radical (unpaired) electrons. The molecule has 1 atom stereocenters. The Morgan fingerprint density at radius 2 is 1.77 bits per heavy atom. The largest absolute Gasteiger partial charge is 0.326 e. The van der Waals surface area contributed by atoms with Gasteiger partial charge in [0.2, 0.25) is 11.8 Å². The molecule has 1 N–H and O–H groups in total. The van der Waals surface area contributed by atoms with E-state index < -0.39 is 6.04 Å². The minimum atomic E-state index is -0.529. The molecule has 31 heavy (non-hydrogen) atoms. The summed E-state index contributed by atoms with van der Waals surface area (Å²) in [5.41, 5.74) is 4.00. The van der Waals surface area contributed by atoms with Gasteiger partial charge in [-0.25, -0.2) is 0 Å². The summed E-state index contributed by atoms with van der Waals surface area (Å²) in [5.74, 6) is 0.0832. The lowest BCUT2D eigenvalue weighted by Gasteiger charge is -2.36. The van der Waals surface area contributed by atoms with Crippen molar-refractivity contribution < 1.29 is 9.59 Å². The molecule has 1 aliphatic heterocycles. The maximum absolute atomic E-state index is 13.2. The molecule has 2 aromatic carbocycles. The lowest BCUT2D eigenvalue weighted by molar-refractivity contribution is -0.140. The second-order valence-corrected chi connectivity index (χ2v) is 8.51. The number of amides is 2. The summed E-state index contributed by atoms with van der Waals surface area (Å²) in [5, 5.41) is 7.33. The summed E-state index contributed by atoms with van der Waals surface area (Å²) in [4.78, 5) is 27.9. The van der Waals surface area contributed by atoms with Crippen LogP contribution in [0.3, 0.4) is 0 Å². The van der Waals surface area contributed by atoms with Crippen LogP contribution in [0.25, 0.3) is 0 Å². The van der Waals surface area contributed by atoms with E-state index in [4.69, 9.17) is 0 Å². The van der Waals surface area contributed by atoms with Crippen LogP contribution < -0.4 is 5.32 Å². The lowest BCUT2D eigenvalue weighted by atomic mass is 9.92. The molecule has 6 heteroatoms. The molecule has 1 aromatic heterocycles. The van der Waals surface area contributed by atoms with Crippen molar-refractivity contribution in [3.8, 4) is 0 Å². The van der Waals surface area contributed by atoms with Crippen molar-refractivity contribution in [3.63, 3.8) is 0 Å². The molecule has 1 aliphatic rings. The van der Waals surface area contributed by atoms with Crippen LogP contribution in [0, 0.1) is 5.92 Å². The summed E-state index contributed by atoms with van der Waals surface area (Å²) in [6, 6.07) is 17.5. The summed E-state index contributed by atoms with van der Waals surface area (Å²) in [6.45, 7) is 5.14. The topological polar surface area (TPSA) is 67.2 Å². The summed E-state index contributed by atoms with van der Waals surface area (Å²) in [6.07, 6.45) is 4.42. The standard InChI is InChI=1S/C25H28N4O2/c1-18(2)12-24(30)29-16-21-11-7-6-10-20(21)13-23(29)25(31)27-22-14-26-28(17-22)15-19-8-4-3-5-9-19/h3-11,14,17-18,23H,12-13,15-16H2,1-2H3,(H,27,31). The zero-order chi connectivity index (χ0) is 21.8. The van der Waals surface area contributed by atoms with Crippen LogP contribution in [-0.4, -0.2) is 32.5 Å². The molecule has 0 fully saturated rings. The van der Waals surface area contributed by atoms with Crippen LogP contribution in [0.15, 0.2) is 67.0 Å². The first-order valence-electron chi connectivity index (χ1n) is 10.7. The minimum absolute atomic E-state index is 0.0180. The maximum atomic E-state index is 13.2. The Hall–Kier alpha value is -3.41. The van der Waals surface area contributed by atoms with E-state index in [0.717, 1.165) is 16.7 Å². The van der Waals surface area contributed by atoms with Gasteiger partial charge in [-0.2, -0.15) is 5.10 Å². The Morgan fingerprint density at radius 1 is 1.06 bits per heavy atom. The number of carbonyl (C=O) groups is 2. The SMILES string of the molecule is CC(C)CC(=O)N1Cc2ccccc2CC1C(=O)Nc1cnn(Cc2ccccc2)c1. The van der Waals surface area contributed by atoms with Crippen LogP contribution >= 0.6 is 0 Å². The van der Waals surface area contributed by atoms with Gasteiger partial charge in [0, 0.05) is 25.6 Å². The zero-order valence-corrected chi connectivity index (χ0v) is 18.0. The number of aromatic nitrogens is 2. The van der Waals surface area contributed by atoms with E-state index >= 15 is 0 Å². The summed E-state index contributed by atoms with van der Waals surface area (Å²) >= 11 is 0. The van der Waals surface area contributed by atoms with Crippen molar-refractivity contribution in [1.29, 1.82) is 0 Å².